The molecule has 1 saturated carbocycles. The Morgan fingerprint density at radius 2 is 2.07 bits per heavy atom. The zero-order valence-electron chi connectivity index (χ0n) is 16.5. The van der Waals surface area contributed by atoms with Gasteiger partial charge in [-0.15, -0.1) is 5.10 Å². The number of aliphatic hydroxyl groups excluding tert-OH is 1. The van der Waals surface area contributed by atoms with E-state index in [1.165, 1.54) is 4.90 Å². The van der Waals surface area contributed by atoms with Gasteiger partial charge in [-0.05, 0) is 36.8 Å². The van der Waals surface area contributed by atoms with E-state index in [4.69, 9.17) is 0 Å². The molecule has 156 valence electrons. The van der Waals surface area contributed by atoms with Crippen LogP contribution in [0.15, 0.2) is 24.4 Å². The number of fused-ring (bicyclic) bond motifs is 1. The summed E-state index contributed by atoms with van der Waals surface area (Å²) < 4.78 is 1.67. The van der Waals surface area contributed by atoms with Crippen LogP contribution in [0, 0.1) is 5.41 Å². The second kappa shape index (κ2) is 7.02. The van der Waals surface area contributed by atoms with Crippen molar-refractivity contribution in [1.29, 1.82) is 0 Å². The van der Waals surface area contributed by atoms with Crippen LogP contribution >= 0.6 is 0 Å². The number of benzene rings is 1. The topological polar surface area (TPSA) is 117 Å². The van der Waals surface area contributed by atoms with Gasteiger partial charge in [-0.2, -0.15) is 0 Å². The van der Waals surface area contributed by atoms with E-state index >= 15 is 0 Å². The molecule has 0 spiro atoms. The van der Waals surface area contributed by atoms with Crippen molar-refractivity contribution in [3.05, 3.63) is 41.2 Å². The van der Waals surface area contributed by atoms with E-state index < -0.39 is 11.9 Å². The number of rotatable bonds is 5. The summed E-state index contributed by atoms with van der Waals surface area (Å²) in [5.41, 5.74) is 2.82. The molecule has 9 nitrogen and oxygen atoms in total. The molecule has 2 aliphatic heterocycles. The Balaban J connectivity index is 1.41. The van der Waals surface area contributed by atoms with E-state index in [1.807, 2.05) is 12.3 Å². The first kappa shape index (κ1) is 18.9. The average Bonchev–Trinajstić information content (AvgIpc) is 3.30. The molecule has 1 atom stereocenters. The number of hydrogen-bond donors (Lipinski definition) is 2. The predicted octanol–water partition coefficient (Wildman–Crippen LogP) is 0.733. The first-order valence-electron chi connectivity index (χ1n) is 10.3. The predicted molar refractivity (Wildman–Crippen MR) is 104 cm³/mol. The van der Waals surface area contributed by atoms with Crippen molar-refractivity contribution in [2.24, 2.45) is 5.41 Å². The molecule has 2 aromatic rings. The number of nitrogens with zero attached hydrogens (tertiary/aromatic N) is 4. The van der Waals surface area contributed by atoms with Gasteiger partial charge in [0.1, 0.15) is 6.04 Å². The Hall–Kier alpha value is -3.07. The summed E-state index contributed by atoms with van der Waals surface area (Å²) in [6.45, 7) is 0.433. The summed E-state index contributed by atoms with van der Waals surface area (Å²) in [6.07, 6.45) is 6.20. The normalized spacial score (nSPS) is 22.6. The molecule has 2 N–H and O–H groups in total. The first-order chi connectivity index (χ1) is 14.5. The third-order valence-corrected chi connectivity index (χ3v) is 6.65. The molecule has 1 unspecified atom stereocenters. The van der Waals surface area contributed by atoms with Gasteiger partial charge in [0.25, 0.3) is 5.91 Å². The van der Waals surface area contributed by atoms with Gasteiger partial charge in [-0.3, -0.25) is 19.7 Å². The van der Waals surface area contributed by atoms with Gasteiger partial charge in [0.05, 0.1) is 17.6 Å². The number of imide groups is 1. The Kier molecular flexibility index (Phi) is 4.43. The number of nitrogens with one attached hydrogen (secondary N) is 1. The number of aliphatic hydroxyl groups is 1. The molecule has 0 bridgehead atoms. The van der Waals surface area contributed by atoms with E-state index in [9.17, 15) is 19.5 Å². The molecule has 0 radical (unpaired) electrons. The molecule has 3 amide bonds. The SMILES string of the molecule is O=C1CCC(N2Cc3c(cccc3-n3cc(CC4(CO)CCC4)nn3)C2=O)C(=O)N1. The fraction of sp³-hybridized carbons (Fsp3) is 0.476. The highest BCUT2D eigenvalue weighted by Gasteiger charge is 2.40. The van der Waals surface area contributed by atoms with Gasteiger partial charge in [-0.25, -0.2) is 4.68 Å². The van der Waals surface area contributed by atoms with E-state index in [-0.39, 0.29) is 36.8 Å². The highest BCUT2D eigenvalue weighted by Crippen LogP contribution is 2.43. The van der Waals surface area contributed by atoms with Crippen molar-refractivity contribution >= 4 is 17.7 Å². The van der Waals surface area contributed by atoms with Crippen molar-refractivity contribution < 1.29 is 19.5 Å². The van der Waals surface area contributed by atoms with Gasteiger partial charge in [-0.1, -0.05) is 17.7 Å². The number of hydrogen-bond acceptors (Lipinski definition) is 6. The van der Waals surface area contributed by atoms with Crippen LogP contribution in [0.3, 0.4) is 0 Å². The van der Waals surface area contributed by atoms with Crippen molar-refractivity contribution in [2.45, 2.75) is 51.1 Å². The van der Waals surface area contributed by atoms with Gasteiger partial charge in [0.2, 0.25) is 11.8 Å². The van der Waals surface area contributed by atoms with Crippen LogP contribution in [0.4, 0.5) is 0 Å². The third-order valence-electron chi connectivity index (χ3n) is 6.65. The van der Waals surface area contributed by atoms with Crippen molar-refractivity contribution in [3.8, 4) is 5.69 Å². The average molecular weight is 409 g/mol. The van der Waals surface area contributed by atoms with E-state index in [1.54, 1.807) is 16.8 Å². The summed E-state index contributed by atoms with van der Waals surface area (Å²) in [6, 6.07) is 4.77. The minimum absolute atomic E-state index is 0.0853. The van der Waals surface area contributed by atoms with Crippen LogP contribution in [-0.4, -0.2) is 55.4 Å². The molecule has 5 rings (SSSR count). The van der Waals surface area contributed by atoms with Crippen LogP contribution in [0.2, 0.25) is 0 Å². The standard InChI is InChI=1S/C21H23N5O4/c27-12-21(7-2-8-21)9-13-10-26(24-23-13)16-4-1-3-14-15(16)11-25(20(14)30)17-5-6-18(28)22-19(17)29/h1,3-4,10,17,27H,2,5-9,11-12H2,(H,22,28,29). The van der Waals surface area contributed by atoms with Crippen molar-refractivity contribution in [1.82, 2.24) is 25.2 Å². The Morgan fingerprint density at radius 1 is 1.23 bits per heavy atom. The molecular formula is C21H23N5O4. The monoisotopic (exact) mass is 409 g/mol. The fourth-order valence-corrected chi connectivity index (χ4v) is 4.73. The summed E-state index contributed by atoms with van der Waals surface area (Å²) in [7, 11) is 0. The number of piperidine rings is 1. The van der Waals surface area contributed by atoms with Crippen LogP contribution < -0.4 is 5.32 Å². The minimum Gasteiger partial charge on any atom is -0.396 e. The summed E-state index contributed by atoms with van der Waals surface area (Å²) in [5.74, 6) is -0.939. The zero-order valence-corrected chi connectivity index (χ0v) is 16.5. The molecule has 1 aromatic carbocycles. The van der Waals surface area contributed by atoms with Crippen LogP contribution in [-0.2, 0) is 22.6 Å². The fourth-order valence-electron chi connectivity index (χ4n) is 4.73. The Labute approximate surface area is 173 Å². The lowest BCUT2D eigenvalue weighted by Crippen LogP contribution is -2.52. The summed E-state index contributed by atoms with van der Waals surface area (Å²) >= 11 is 0. The quantitative estimate of drug-likeness (QED) is 0.703. The van der Waals surface area contributed by atoms with Crippen molar-refractivity contribution in [2.75, 3.05) is 6.61 Å². The lowest BCUT2D eigenvalue weighted by atomic mass is 9.67. The Bertz CT molecular complexity index is 1040. The maximum atomic E-state index is 13.0. The minimum atomic E-state index is -0.648. The third kappa shape index (κ3) is 3.00. The number of carbonyl (C=O) groups is 3. The molecule has 9 heteroatoms. The second-order valence-corrected chi connectivity index (χ2v) is 8.55. The molecule has 1 aromatic heterocycles. The molecule has 3 aliphatic rings. The maximum Gasteiger partial charge on any atom is 0.255 e. The van der Waals surface area contributed by atoms with Gasteiger partial charge >= 0.3 is 0 Å². The van der Waals surface area contributed by atoms with Gasteiger partial charge in [0, 0.05) is 37.1 Å². The number of carbonyl (C=O) groups excluding carboxylic acids is 3. The van der Waals surface area contributed by atoms with E-state index in [0.717, 1.165) is 36.2 Å². The highest BCUT2D eigenvalue weighted by atomic mass is 16.3. The van der Waals surface area contributed by atoms with Crippen LogP contribution in [0.25, 0.3) is 5.69 Å². The largest absolute Gasteiger partial charge is 0.396 e. The van der Waals surface area contributed by atoms with Gasteiger partial charge < -0.3 is 10.0 Å². The molecule has 1 aliphatic carbocycles. The number of amides is 3. The second-order valence-electron chi connectivity index (χ2n) is 8.55. The Morgan fingerprint density at radius 3 is 2.77 bits per heavy atom. The summed E-state index contributed by atoms with van der Waals surface area (Å²) in [4.78, 5) is 38.2. The molecule has 3 heterocycles. The summed E-state index contributed by atoms with van der Waals surface area (Å²) in [5, 5.41) is 20.6. The van der Waals surface area contributed by atoms with E-state index in [0.29, 0.717) is 18.4 Å². The van der Waals surface area contributed by atoms with E-state index in [2.05, 4.69) is 15.6 Å². The van der Waals surface area contributed by atoms with Crippen molar-refractivity contribution in [3.63, 3.8) is 0 Å². The molecule has 2 fully saturated rings. The van der Waals surface area contributed by atoms with Gasteiger partial charge in [0.15, 0.2) is 0 Å². The van der Waals surface area contributed by atoms with Crippen LogP contribution in [0.5, 0.6) is 0 Å². The molecule has 30 heavy (non-hydrogen) atoms. The molecular weight excluding hydrogens is 386 g/mol. The van der Waals surface area contributed by atoms with Crippen LogP contribution in [0.1, 0.15) is 53.7 Å². The zero-order chi connectivity index (χ0) is 20.9. The first-order valence-corrected chi connectivity index (χ1v) is 10.3. The smallest absolute Gasteiger partial charge is 0.255 e. The lowest BCUT2D eigenvalue weighted by Gasteiger charge is -2.39. The lowest BCUT2D eigenvalue weighted by molar-refractivity contribution is -0.136. The molecule has 1 saturated heterocycles. The maximum absolute atomic E-state index is 13.0. The highest BCUT2D eigenvalue weighted by molar-refractivity contribution is 6.05. The number of aromatic nitrogens is 3.